The molecule has 0 aromatic carbocycles. The van der Waals surface area contributed by atoms with Crippen LogP contribution in [0.2, 0.25) is 0 Å². The van der Waals surface area contributed by atoms with Gasteiger partial charge in [0, 0.05) is 19.3 Å². The average Bonchev–Trinajstić information content (AvgIpc) is 2.95. The SMILES string of the molecule is CCCn1cc(NCc2cc(C)nn2CCC)cn1.Cl. The first-order chi connectivity index (χ1) is 9.22. The van der Waals surface area contributed by atoms with E-state index < -0.39 is 0 Å². The lowest BCUT2D eigenvalue weighted by Crippen LogP contribution is -2.08. The van der Waals surface area contributed by atoms with Crippen molar-refractivity contribution in [2.24, 2.45) is 0 Å². The zero-order valence-corrected chi connectivity index (χ0v) is 13.3. The number of hydrogen-bond acceptors (Lipinski definition) is 3. The number of halogens is 1. The third-order valence-corrected chi connectivity index (χ3v) is 2.98. The van der Waals surface area contributed by atoms with E-state index in [2.05, 4.69) is 46.3 Å². The summed E-state index contributed by atoms with van der Waals surface area (Å²) < 4.78 is 4.05. The Morgan fingerprint density at radius 3 is 2.65 bits per heavy atom. The maximum atomic E-state index is 4.50. The second-order valence-corrected chi connectivity index (χ2v) is 4.85. The summed E-state index contributed by atoms with van der Waals surface area (Å²) in [5.74, 6) is 0. The van der Waals surface area contributed by atoms with E-state index in [1.165, 1.54) is 5.69 Å². The molecule has 0 saturated carbocycles. The summed E-state index contributed by atoms with van der Waals surface area (Å²) in [7, 11) is 0. The number of rotatable bonds is 7. The molecule has 2 rings (SSSR count). The summed E-state index contributed by atoms with van der Waals surface area (Å²) in [4.78, 5) is 0. The van der Waals surface area contributed by atoms with Crippen molar-refractivity contribution in [2.45, 2.75) is 53.2 Å². The van der Waals surface area contributed by atoms with Crippen molar-refractivity contribution in [3.8, 4) is 0 Å². The summed E-state index contributed by atoms with van der Waals surface area (Å²) in [6.45, 7) is 9.09. The summed E-state index contributed by atoms with van der Waals surface area (Å²) in [5.41, 5.74) is 3.37. The van der Waals surface area contributed by atoms with Gasteiger partial charge in [0.2, 0.25) is 0 Å². The third-order valence-electron chi connectivity index (χ3n) is 2.98. The van der Waals surface area contributed by atoms with Crippen LogP contribution in [0.1, 0.15) is 38.1 Å². The summed E-state index contributed by atoms with van der Waals surface area (Å²) in [6, 6.07) is 2.14. The van der Waals surface area contributed by atoms with E-state index in [0.29, 0.717) is 0 Å². The first-order valence-corrected chi connectivity index (χ1v) is 7.02. The van der Waals surface area contributed by atoms with E-state index in [0.717, 1.165) is 43.9 Å². The molecule has 2 heterocycles. The van der Waals surface area contributed by atoms with Gasteiger partial charge in [-0.05, 0) is 25.8 Å². The van der Waals surface area contributed by atoms with E-state index in [4.69, 9.17) is 0 Å². The van der Waals surface area contributed by atoms with Crippen LogP contribution < -0.4 is 5.32 Å². The van der Waals surface area contributed by atoms with Gasteiger partial charge in [0.25, 0.3) is 0 Å². The van der Waals surface area contributed by atoms with E-state index in [1.807, 2.05) is 17.8 Å². The molecule has 6 heteroatoms. The summed E-state index contributed by atoms with van der Waals surface area (Å²) in [6.07, 6.45) is 6.13. The number of aromatic nitrogens is 4. The van der Waals surface area contributed by atoms with Crippen LogP contribution in [0.15, 0.2) is 18.5 Å². The van der Waals surface area contributed by atoms with Gasteiger partial charge in [0.15, 0.2) is 0 Å². The lowest BCUT2D eigenvalue weighted by atomic mass is 10.3. The van der Waals surface area contributed by atoms with Gasteiger partial charge < -0.3 is 5.32 Å². The Bertz CT molecular complexity index is 517. The average molecular weight is 298 g/mol. The minimum absolute atomic E-state index is 0. The molecule has 0 radical (unpaired) electrons. The predicted octanol–water partition coefficient (Wildman–Crippen LogP) is 3.24. The van der Waals surface area contributed by atoms with Gasteiger partial charge in [-0.15, -0.1) is 12.4 Å². The number of nitrogens with zero attached hydrogens (tertiary/aromatic N) is 4. The standard InChI is InChI=1S/C14H23N5.ClH/c1-4-6-18-11-13(9-16-18)15-10-14-8-12(3)17-19(14)7-5-2;/h8-9,11,15H,4-7,10H2,1-3H3;1H. The molecule has 0 aliphatic heterocycles. The van der Waals surface area contributed by atoms with Gasteiger partial charge in [0.05, 0.1) is 29.8 Å². The molecular formula is C14H24ClN5. The van der Waals surface area contributed by atoms with Crippen molar-refractivity contribution < 1.29 is 0 Å². The molecule has 2 aromatic rings. The van der Waals surface area contributed by atoms with Gasteiger partial charge in [0.1, 0.15) is 0 Å². The Balaban J connectivity index is 0.00000200. The van der Waals surface area contributed by atoms with Gasteiger partial charge in [-0.3, -0.25) is 9.36 Å². The first-order valence-electron chi connectivity index (χ1n) is 7.02. The molecule has 112 valence electrons. The molecule has 0 saturated heterocycles. The molecule has 20 heavy (non-hydrogen) atoms. The Labute approximate surface area is 126 Å². The highest BCUT2D eigenvalue weighted by Crippen LogP contribution is 2.10. The van der Waals surface area contributed by atoms with Crippen LogP contribution in [0, 0.1) is 6.92 Å². The van der Waals surface area contributed by atoms with E-state index in [1.54, 1.807) is 0 Å². The van der Waals surface area contributed by atoms with Crippen LogP contribution in [0.5, 0.6) is 0 Å². The Morgan fingerprint density at radius 2 is 1.95 bits per heavy atom. The van der Waals surface area contributed by atoms with Crippen LogP contribution in [-0.2, 0) is 19.6 Å². The maximum Gasteiger partial charge on any atom is 0.0729 e. The topological polar surface area (TPSA) is 47.7 Å². The van der Waals surface area contributed by atoms with Crippen molar-refractivity contribution >= 4 is 18.1 Å². The van der Waals surface area contributed by atoms with Crippen LogP contribution in [0.25, 0.3) is 0 Å². The fraction of sp³-hybridized carbons (Fsp3) is 0.571. The number of aryl methyl sites for hydroxylation is 3. The highest BCUT2D eigenvalue weighted by molar-refractivity contribution is 5.85. The van der Waals surface area contributed by atoms with Gasteiger partial charge in [-0.2, -0.15) is 10.2 Å². The molecular weight excluding hydrogens is 274 g/mol. The van der Waals surface area contributed by atoms with Crippen molar-refractivity contribution in [1.29, 1.82) is 0 Å². The number of hydrogen-bond donors (Lipinski definition) is 1. The second-order valence-electron chi connectivity index (χ2n) is 4.85. The largest absolute Gasteiger partial charge is 0.377 e. The Kier molecular flexibility index (Phi) is 6.58. The van der Waals surface area contributed by atoms with Gasteiger partial charge >= 0.3 is 0 Å². The van der Waals surface area contributed by atoms with Gasteiger partial charge in [-0.1, -0.05) is 13.8 Å². The number of anilines is 1. The van der Waals surface area contributed by atoms with Crippen LogP contribution in [0.4, 0.5) is 5.69 Å². The normalized spacial score (nSPS) is 10.3. The zero-order chi connectivity index (χ0) is 13.7. The summed E-state index contributed by atoms with van der Waals surface area (Å²) in [5, 5.41) is 12.2. The number of nitrogens with one attached hydrogen (secondary N) is 1. The molecule has 0 bridgehead atoms. The minimum atomic E-state index is 0. The third kappa shape index (κ3) is 4.27. The molecule has 2 aromatic heterocycles. The van der Waals surface area contributed by atoms with Crippen molar-refractivity contribution in [2.75, 3.05) is 5.32 Å². The Morgan fingerprint density at radius 1 is 1.20 bits per heavy atom. The molecule has 5 nitrogen and oxygen atoms in total. The fourth-order valence-electron chi connectivity index (χ4n) is 2.15. The van der Waals surface area contributed by atoms with Crippen LogP contribution >= 0.6 is 12.4 Å². The molecule has 0 spiro atoms. The van der Waals surface area contributed by atoms with Crippen molar-refractivity contribution in [3.63, 3.8) is 0 Å². The maximum absolute atomic E-state index is 4.50. The van der Waals surface area contributed by atoms with Crippen molar-refractivity contribution in [1.82, 2.24) is 19.6 Å². The highest BCUT2D eigenvalue weighted by atomic mass is 35.5. The Hall–Kier alpha value is -1.49. The predicted molar refractivity (Wildman–Crippen MR) is 84.3 cm³/mol. The molecule has 0 atom stereocenters. The molecule has 0 aliphatic rings. The van der Waals surface area contributed by atoms with Crippen LogP contribution in [-0.4, -0.2) is 19.6 Å². The zero-order valence-electron chi connectivity index (χ0n) is 12.5. The van der Waals surface area contributed by atoms with E-state index in [-0.39, 0.29) is 12.4 Å². The molecule has 1 N–H and O–H groups in total. The first kappa shape index (κ1) is 16.6. The quantitative estimate of drug-likeness (QED) is 0.853. The lowest BCUT2D eigenvalue weighted by Gasteiger charge is -2.07. The molecule has 0 unspecified atom stereocenters. The van der Waals surface area contributed by atoms with E-state index in [9.17, 15) is 0 Å². The monoisotopic (exact) mass is 297 g/mol. The smallest absolute Gasteiger partial charge is 0.0729 e. The lowest BCUT2D eigenvalue weighted by molar-refractivity contribution is 0.575. The second kappa shape index (κ2) is 7.94. The van der Waals surface area contributed by atoms with Crippen LogP contribution in [0.3, 0.4) is 0 Å². The van der Waals surface area contributed by atoms with Gasteiger partial charge in [-0.25, -0.2) is 0 Å². The minimum Gasteiger partial charge on any atom is -0.377 e. The molecule has 0 fully saturated rings. The molecule has 0 amide bonds. The fourth-order valence-corrected chi connectivity index (χ4v) is 2.15. The highest BCUT2D eigenvalue weighted by Gasteiger charge is 2.05. The summed E-state index contributed by atoms with van der Waals surface area (Å²) >= 11 is 0. The molecule has 0 aliphatic carbocycles. The van der Waals surface area contributed by atoms with E-state index >= 15 is 0 Å². The van der Waals surface area contributed by atoms with Crippen molar-refractivity contribution in [3.05, 3.63) is 29.8 Å².